The van der Waals surface area contributed by atoms with Crippen molar-refractivity contribution in [2.45, 2.75) is 151 Å². The molecule has 302 valence electrons. The maximum absolute atomic E-state index is 13.8. The van der Waals surface area contributed by atoms with Gasteiger partial charge in [-0.15, -0.1) is 0 Å². The predicted molar refractivity (Wildman–Crippen MR) is 220 cm³/mol. The third-order valence-corrected chi connectivity index (χ3v) is 14.7. The maximum Gasteiger partial charge on any atom is 0.413 e. The molecule has 9 nitrogen and oxygen atoms in total. The minimum absolute atomic E-state index is 0.178. The summed E-state index contributed by atoms with van der Waals surface area (Å²) in [4.78, 5) is 23.6. The molecule has 3 aromatic rings. The molecule has 3 saturated carbocycles. The smallest absolute Gasteiger partial charge is 0.413 e. The summed E-state index contributed by atoms with van der Waals surface area (Å²) in [5.41, 5.74) is 3.00. The number of imidazole rings is 1. The van der Waals surface area contributed by atoms with Crippen LogP contribution in [0.3, 0.4) is 0 Å². The molecule has 55 heavy (non-hydrogen) atoms. The highest BCUT2D eigenvalue weighted by molar-refractivity contribution is 6.11. The van der Waals surface area contributed by atoms with Gasteiger partial charge in [-0.25, -0.2) is 14.8 Å². The van der Waals surface area contributed by atoms with Crippen LogP contribution in [0, 0.1) is 46.3 Å². The van der Waals surface area contributed by atoms with E-state index in [1.165, 1.54) is 56.9 Å². The molecule has 0 bridgehead atoms. The number of nitrogens with zero attached hydrogens (tertiary/aromatic N) is 3. The Morgan fingerprint density at radius 3 is 2.60 bits per heavy atom. The minimum Gasteiger partial charge on any atom is -0.496 e. The second-order valence-corrected chi connectivity index (χ2v) is 19.3. The van der Waals surface area contributed by atoms with E-state index < -0.39 is 11.7 Å². The molecule has 9 heteroatoms. The highest BCUT2D eigenvalue weighted by Crippen LogP contribution is 2.67. The molecule has 0 radical (unpaired) electrons. The van der Waals surface area contributed by atoms with E-state index in [2.05, 4.69) is 46.0 Å². The predicted octanol–water partition coefficient (Wildman–Crippen LogP) is 10.9. The van der Waals surface area contributed by atoms with Gasteiger partial charge in [-0.2, -0.15) is 0 Å². The van der Waals surface area contributed by atoms with Gasteiger partial charge in [0.25, 0.3) is 0 Å². The number of carbonyl (C=O) groups is 1. The fourth-order valence-electron chi connectivity index (χ4n) is 12.1. The fraction of sp³-hybridized carbons (Fsp3) is 0.717. The second-order valence-electron chi connectivity index (χ2n) is 19.3. The van der Waals surface area contributed by atoms with Crippen LogP contribution in [0.25, 0.3) is 21.9 Å². The summed E-state index contributed by atoms with van der Waals surface area (Å²) in [6, 6.07) is 5.67. The van der Waals surface area contributed by atoms with Crippen molar-refractivity contribution in [2.75, 3.05) is 19.0 Å². The molecule has 8 atom stereocenters. The van der Waals surface area contributed by atoms with E-state index in [0.717, 1.165) is 59.8 Å². The topological polar surface area (TPSA) is 108 Å². The van der Waals surface area contributed by atoms with Gasteiger partial charge in [0.15, 0.2) is 5.82 Å². The van der Waals surface area contributed by atoms with Crippen LogP contribution in [0.5, 0.6) is 5.75 Å². The number of allylic oxidation sites excluding steroid dienone is 1. The summed E-state index contributed by atoms with van der Waals surface area (Å²) in [6.07, 6.45) is 15.3. The summed E-state index contributed by atoms with van der Waals surface area (Å²) in [7, 11) is 1.63. The highest BCUT2D eigenvalue weighted by atomic mass is 16.6. The van der Waals surface area contributed by atoms with Crippen LogP contribution in [0.4, 0.5) is 10.6 Å². The molecule has 0 aliphatic heterocycles. The van der Waals surface area contributed by atoms with E-state index in [-0.39, 0.29) is 24.7 Å². The highest BCUT2D eigenvalue weighted by Gasteiger charge is 2.59. The molecule has 2 aromatic heterocycles. The molecule has 0 saturated heterocycles. The average Bonchev–Trinajstić information content (AvgIpc) is 3.67. The van der Waals surface area contributed by atoms with Gasteiger partial charge in [-0.1, -0.05) is 71.6 Å². The van der Waals surface area contributed by atoms with Gasteiger partial charge < -0.3 is 23.9 Å². The fourth-order valence-corrected chi connectivity index (χ4v) is 12.1. The zero-order valence-electron chi connectivity index (χ0n) is 35.2. The monoisotopic (exact) mass is 757 g/mol. The molecule has 7 unspecified atom stereocenters. The van der Waals surface area contributed by atoms with Gasteiger partial charge in [0.1, 0.15) is 29.8 Å². The molecular formula is C46H68N4O5. The summed E-state index contributed by atoms with van der Waals surface area (Å²) in [6.45, 7) is 19.0. The Morgan fingerprint density at radius 1 is 1.07 bits per heavy atom. The number of rotatable bonds is 13. The third kappa shape index (κ3) is 7.65. The Bertz CT molecular complexity index is 1890. The Balaban J connectivity index is 1.08. The number of aromatic nitrogens is 3. The van der Waals surface area contributed by atoms with Crippen molar-refractivity contribution in [3.8, 4) is 5.75 Å². The second kappa shape index (κ2) is 15.6. The van der Waals surface area contributed by atoms with Gasteiger partial charge in [-0.3, -0.25) is 5.32 Å². The zero-order valence-corrected chi connectivity index (χ0v) is 35.2. The number of pyridine rings is 1. The minimum atomic E-state index is -1.04. The molecular weight excluding hydrogens is 689 g/mol. The van der Waals surface area contributed by atoms with Gasteiger partial charge in [0.2, 0.25) is 0 Å². The first kappa shape index (κ1) is 40.0. The van der Waals surface area contributed by atoms with Crippen LogP contribution in [0.15, 0.2) is 29.8 Å². The summed E-state index contributed by atoms with van der Waals surface area (Å²) in [5, 5.41) is 14.7. The van der Waals surface area contributed by atoms with E-state index in [1.54, 1.807) is 21.0 Å². The average molecular weight is 757 g/mol. The van der Waals surface area contributed by atoms with Crippen molar-refractivity contribution in [3.63, 3.8) is 0 Å². The Morgan fingerprint density at radius 2 is 1.87 bits per heavy atom. The standard InChI is InChI=1S/C46H68N4O5/c1-10-54-26-38-48-40-41(50(38)27-44(5,6)52)39-36(15-12-16-37(39)53-9)47-42(40)49-43(51)55-31-21-23-45(7)30(25-31)17-18-32-34-20-19-33(29(4)14-11-13-28(2)3)46(34,8)24-22-35(32)45/h12,15-17,28-29,31-35,52H,10-11,13-14,18-27H2,1-9H3,(H,47,49,51)/t29?,31?,32?,33?,34?,35?,45?,46-/m0/s1. The quantitative estimate of drug-likeness (QED) is 0.167. The van der Waals surface area contributed by atoms with E-state index in [0.29, 0.717) is 46.4 Å². The molecule has 7 rings (SSSR count). The lowest BCUT2D eigenvalue weighted by atomic mass is 9.47. The van der Waals surface area contributed by atoms with E-state index >= 15 is 0 Å². The van der Waals surface area contributed by atoms with Gasteiger partial charge in [0, 0.05) is 13.0 Å². The summed E-state index contributed by atoms with van der Waals surface area (Å²) in [5.74, 6) is 6.38. The van der Waals surface area contributed by atoms with Crippen LogP contribution in [-0.4, -0.2) is 51.2 Å². The first-order valence-corrected chi connectivity index (χ1v) is 21.5. The number of amides is 1. The molecule has 3 fully saturated rings. The van der Waals surface area contributed by atoms with Crippen molar-refractivity contribution in [3.05, 3.63) is 35.7 Å². The number of hydrogen-bond donors (Lipinski definition) is 2. The molecule has 1 aromatic carbocycles. The number of carbonyl (C=O) groups excluding carboxylic acids is 1. The molecule has 4 aliphatic rings. The van der Waals surface area contributed by atoms with Crippen LogP contribution in [0.2, 0.25) is 0 Å². The Kier molecular flexibility index (Phi) is 11.4. The molecule has 0 spiro atoms. The number of benzene rings is 1. The van der Waals surface area contributed by atoms with Gasteiger partial charge in [-0.05, 0) is 124 Å². The van der Waals surface area contributed by atoms with Crippen LogP contribution in [0.1, 0.15) is 132 Å². The van der Waals surface area contributed by atoms with Crippen LogP contribution >= 0.6 is 0 Å². The molecule has 2 heterocycles. The van der Waals surface area contributed by atoms with Gasteiger partial charge >= 0.3 is 6.09 Å². The lowest BCUT2D eigenvalue weighted by Crippen LogP contribution is -2.51. The number of ether oxygens (including phenoxy) is 3. The third-order valence-electron chi connectivity index (χ3n) is 14.7. The van der Waals surface area contributed by atoms with Gasteiger partial charge in [0.05, 0.1) is 35.7 Å². The molecule has 4 aliphatic carbocycles. The number of anilines is 1. The van der Waals surface area contributed by atoms with E-state index in [9.17, 15) is 9.90 Å². The number of aliphatic hydroxyl groups is 1. The van der Waals surface area contributed by atoms with Crippen molar-refractivity contribution in [1.82, 2.24) is 14.5 Å². The van der Waals surface area contributed by atoms with Crippen LogP contribution < -0.4 is 10.1 Å². The number of methoxy groups -OCH3 is 1. The van der Waals surface area contributed by atoms with Crippen molar-refractivity contribution in [2.24, 2.45) is 46.3 Å². The first-order valence-electron chi connectivity index (χ1n) is 21.5. The van der Waals surface area contributed by atoms with E-state index in [1.807, 2.05) is 29.7 Å². The van der Waals surface area contributed by atoms with Crippen molar-refractivity contribution in [1.29, 1.82) is 0 Å². The number of nitrogens with one attached hydrogen (secondary N) is 1. The Hall–Kier alpha value is -3.17. The van der Waals surface area contributed by atoms with Crippen LogP contribution in [-0.2, 0) is 22.6 Å². The normalized spacial score (nSPS) is 29.8. The van der Waals surface area contributed by atoms with E-state index in [4.69, 9.17) is 24.2 Å². The molecule has 2 N–H and O–H groups in total. The van der Waals surface area contributed by atoms with Crippen molar-refractivity contribution >= 4 is 33.8 Å². The number of hydrogen-bond acceptors (Lipinski definition) is 7. The first-order chi connectivity index (χ1) is 26.2. The Labute approximate surface area is 329 Å². The lowest BCUT2D eigenvalue weighted by molar-refractivity contribution is -0.0577. The zero-order chi connectivity index (χ0) is 39.3. The number of fused-ring (bicyclic) bond motifs is 8. The summed E-state index contributed by atoms with van der Waals surface area (Å²) >= 11 is 0. The summed E-state index contributed by atoms with van der Waals surface area (Å²) < 4.78 is 19.8. The largest absolute Gasteiger partial charge is 0.496 e. The lowest BCUT2D eigenvalue weighted by Gasteiger charge is -2.58. The molecule has 1 amide bonds. The SMILES string of the molecule is CCOCc1nc2c(NC(=O)OC3CCC4(C)C(=CCC5C4CC[C@@]4(C)C(C(C)CCCC(C)C)CCC54)C3)nc3cccc(OC)c3c2n1CC(C)(C)O. The maximum atomic E-state index is 13.8. The van der Waals surface area contributed by atoms with Crippen molar-refractivity contribution < 1.29 is 24.1 Å².